The summed E-state index contributed by atoms with van der Waals surface area (Å²) in [6, 6.07) is 1.65. The van der Waals surface area contributed by atoms with Gasteiger partial charge in [-0.25, -0.2) is 8.78 Å². The summed E-state index contributed by atoms with van der Waals surface area (Å²) in [5.41, 5.74) is 6.60. The van der Waals surface area contributed by atoms with Crippen LogP contribution in [0.1, 0.15) is 24.5 Å². The highest BCUT2D eigenvalue weighted by Gasteiger charge is 2.26. The third-order valence-electron chi connectivity index (χ3n) is 4.26. The predicted molar refractivity (Wildman–Crippen MR) is 91.8 cm³/mol. The number of carbonyl (C=O) groups excluding carboxylic acids is 1. The molecular formula is C17H23F2N5O. The summed E-state index contributed by atoms with van der Waals surface area (Å²) in [6.45, 7) is 4.09. The van der Waals surface area contributed by atoms with Gasteiger partial charge in [-0.1, -0.05) is 6.07 Å². The molecule has 1 heterocycles. The van der Waals surface area contributed by atoms with Crippen molar-refractivity contribution in [3.05, 3.63) is 34.9 Å². The molecule has 1 aliphatic heterocycles. The summed E-state index contributed by atoms with van der Waals surface area (Å²) in [5, 5.41) is 15.5. The van der Waals surface area contributed by atoms with Gasteiger partial charge in [-0.3, -0.25) is 15.6 Å². The number of piperazine rings is 1. The van der Waals surface area contributed by atoms with Crippen LogP contribution in [0, 0.1) is 29.4 Å². The fraction of sp³-hybridized carbons (Fsp3) is 0.471. The monoisotopic (exact) mass is 351 g/mol. The molecule has 1 aromatic rings. The van der Waals surface area contributed by atoms with E-state index >= 15 is 0 Å². The molecule has 0 aliphatic carbocycles. The summed E-state index contributed by atoms with van der Waals surface area (Å²) in [4.78, 5) is 15.4. The van der Waals surface area contributed by atoms with E-state index < -0.39 is 17.7 Å². The lowest BCUT2D eigenvalue weighted by Crippen LogP contribution is -2.53. The number of nitrogens with one attached hydrogen (secondary N) is 2. The summed E-state index contributed by atoms with van der Waals surface area (Å²) >= 11 is 0. The van der Waals surface area contributed by atoms with Crippen LogP contribution in [0.3, 0.4) is 0 Å². The number of aryl methyl sites for hydroxylation is 1. The molecule has 1 aliphatic rings. The number of hydrogen-bond donors (Lipinski definition) is 3. The van der Waals surface area contributed by atoms with Gasteiger partial charge in [-0.15, -0.1) is 0 Å². The fourth-order valence-electron chi connectivity index (χ4n) is 2.87. The van der Waals surface area contributed by atoms with Crippen LogP contribution < -0.4 is 5.73 Å². The highest BCUT2D eigenvalue weighted by atomic mass is 19.1. The molecule has 136 valence electrons. The third kappa shape index (κ3) is 4.60. The molecule has 0 aromatic heterocycles. The van der Waals surface area contributed by atoms with Crippen molar-refractivity contribution in [3.8, 4) is 0 Å². The average Bonchev–Trinajstić information content (AvgIpc) is 2.52. The minimum Gasteiger partial charge on any atom is -0.333 e. The number of amidine groups is 2. The van der Waals surface area contributed by atoms with Crippen molar-refractivity contribution in [2.24, 2.45) is 5.73 Å². The Balaban J connectivity index is 1.94. The van der Waals surface area contributed by atoms with Crippen molar-refractivity contribution in [2.45, 2.75) is 32.7 Å². The maximum Gasteiger partial charge on any atom is 0.224 e. The van der Waals surface area contributed by atoms with Crippen molar-refractivity contribution in [2.75, 3.05) is 19.6 Å². The van der Waals surface area contributed by atoms with Crippen molar-refractivity contribution >= 4 is 17.6 Å². The Labute approximate surface area is 145 Å². The van der Waals surface area contributed by atoms with Crippen LogP contribution in [0.25, 0.3) is 0 Å². The zero-order valence-electron chi connectivity index (χ0n) is 14.4. The Hall–Kier alpha value is -2.35. The number of halogens is 2. The second-order valence-corrected chi connectivity index (χ2v) is 6.36. The summed E-state index contributed by atoms with van der Waals surface area (Å²) in [7, 11) is 0. The first-order chi connectivity index (χ1) is 11.7. The van der Waals surface area contributed by atoms with Gasteiger partial charge in [-0.05, 0) is 31.4 Å². The minimum atomic E-state index is -0.664. The molecule has 4 N–H and O–H groups in total. The zero-order valence-corrected chi connectivity index (χ0v) is 14.4. The van der Waals surface area contributed by atoms with Crippen LogP contribution in [-0.2, 0) is 11.2 Å². The Kier molecular flexibility index (Phi) is 5.84. The molecular weight excluding hydrogens is 328 g/mol. The Morgan fingerprint density at radius 1 is 1.32 bits per heavy atom. The van der Waals surface area contributed by atoms with Crippen LogP contribution in [0.15, 0.2) is 12.1 Å². The van der Waals surface area contributed by atoms with Gasteiger partial charge in [-0.2, -0.15) is 0 Å². The van der Waals surface area contributed by atoms with Crippen molar-refractivity contribution in [3.63, 3.8) is 0 Å². The fourth-order valence-corrected chi connectivity index (χ4v) is 2.87. The van der Waals surface area contributed by atoms with Crippen molar-refractivity contribution < 1.29 is 13.6 Å². The van der Waals surface area contributed by atoms with E-state index in [0.717, 1.165) is 6.07 Å². The molecule has 0 spiro atoms. The second-order valence-electron chi connectivity index (χ2n) is 6.36. The summed E-state index contributed by atoms with van der Waals surface area (Å²) in [6.07, 6.45) is 0.155. The van der Waals surface area contributed by atoms with Gasteiger partial charge in [0.1, 0.15) is 17.5 Å². The maximum absolute atomic E-state index is 13.8. The molecule has 8 heteroatoms. The van der Waals surface area contributed by atoms with E-state index in [0.29, 0.717) is 18.7 Å². The van der Waals surface area contributed by atoms with Crippen LogP contribution in [0.4, 0.5) is 8.78 Å². The van der Waals surface area contributed by atoms with Gasteiger partial charge in [0, 0.05) is 31.6 Å². The molecule has 1 atom stereocenters. The number of amides is 1. The van der Waals surface area contributed by atoms with E-state index in [-0.39, 0.29) is 42.5 Å². The van der Waals surface area contributed by atoms with Gasteiger partial charge in [0.25, 0.3) is 0 Å². The van der Waals surface area contributed by atoms with Gasteiger partial charge in [0.2, 0.25) is 5.91 Å². The number of benzene rings is 1. The summed E-state index contributed by atoms with van der Waals surface area (Å²) < 4.78 is 27.1. The Morgan fingerprint density at radius 2 is 2.00 bits per heavy atom. The van der Waals surface area contributed by atoms with E-state index in [4.69, 9.17) is 16.6 Å². The number of hydrogen-bond acceptors (Lipinski definition) is 4. The Bertz CT molecular complexity index is 707. The van der Waals surface area contributed by atoms with Crippen molar-refractivity contribution in [1.82, 2.24) is 9.80 Å². The normalized spacial score (nSPS) is 16.1. The molecule has 6 nitrogen and oxygen atoms in total. The smallest absolute Gasteiger partial charge is 0.224 e. The topological polar surface area (TPSA) is 97.3 Å². The highest BCUT2D eigenvalue weighted by Crippen LogP contribution is 2.17. The molecule has 0 radical (unpaired) electrons. The first-order valence-corrected chi connectivity index (χ1v) is 8.07. The molecule has 1 amide bonds. The first kappa shape index (κ1) is 19.0. The zero-order chi connectivity index (χ0) is 18.7. The number of carbonyl (C=O) groups is 1. The largest absolute Gasteiger partial charge is 0.333 e. The molecule has 25 heavy (non-hydrogen) atoms. The molecule has 2 rings (SSSR count). The van der Waals surface area contributed by atoms with Gasteiger partial charge in [0.15, 0.2) is 0 Å². The van der Waals surface area contributed by atoms with E-state index in [9.17, 15) is 13.6 Å². The molecule has 1 fully saturated rings. The van der Waals surface area contributed by atoms with Crippen LogP contribution in [0.2, 0.25) is 0 Å². The number of rotatable bonds is 4. The SMILES string of the molecule is CC(=N)N1CCN(C(=O)CC(N)Cc2cc(C)c(F)cc2F)CC1=N. The number of nitrogens with zero attached hydrogens (tertiary/aromatic N) is 2. The third-order valence-corrected chi connectivity index (χ3v) is 4.26. The van der Waals surface area contributed by atoms with Crippen LogP contribution in [-0.4, -0.2) is 53.1 Å². The predicted octanol–water partition coefficient (Wildman–Crippen LogP) is 1.65. The van der Waals surface area contributed by atoms with E-state index in [1.165, 1.54) is 11.0 Å². The van der Waals surface area contributed by atoms with Crippen molar-refractivity contribution in [1.29, 1.82) is 10.8 Å². The second kappa shape index (κ2) is 7.69. The maximum atomic E-state index is 13.8. The Morgan fingerprint density at radius 3 is 2.60 bits per heavy atom. The lowest BCUT2D eigenvalue weighted by atomic mass is 10.0. The summed E-state index contributed by atoms with van der Waals surface area (Å²) in [5.74, 6) is -1.01. The molecule has 1 saturated heterocycles. The van der Waals surface area contributed by atoms with Crippen LogP contribution >= 0.6 is 0 Å². The number of nitrogens with two attached hydrogens (primary N) is 1. The lowest BCUT2D eigenvalue weighted by Gasteiger charge is -2.36. The minimum absolute atomic E-state index is 0.0206. The standard InChI is InChI=1S/C17H23F2N5O/c1-10-5-12(15(19)8-14(10)18)6-13(21)7-17(25)23-3-4-24(11(2)20)16(22)9-23/h5,8,13,20,22H,3-4,6-7,9,21H2,1-2H3. The van der Waals surface area contributed by atoms with Crippen LogP contribution in [0.5, 0.6) is 0 Å². The quantitative estimate of drug-likeness (QED) is 0.568. The van der Waals surface area contributed by atoms with E-state index in [1.54, 1.807) is 18.7 Å². The van der Waals surface area contributed by atoms with E-state index in [2.05, 4.69) is 0 Å². The van der Waals surface area contributed by atoms with E-state index in [1.807, 2.05) is 0 Å². The molecule has 1 unspecified atom stereocenters. The molecule has 0 bridgehead atoms. The average molecular weight is 351 g/mol. The first-order valence-electron chi connectivity index (χ1n) is 8.07. The lowest BCUT2D eigenvalue weighted by molar-refractivity contribution is -0.131. The molecule has 0 saturated carbocycles. The molecule has 1 aromatic carbocycles. The van der Waals surface area contributed by atoms with Gasteiger partial charge >= 0.3 is 0 Å². The van der Waals surface area contributed by atoms with Gasteiger partial charge < -0.3 is 15.5 Å². The highest BCUT2D eigenvalue weighted by molar-refractivity contribution is 5.99. The van der Waals surface area contributed by atoms with Gasteiger partial charge in [0.05, 0.1) is 12.4 Å².